The van der Waals surface area contributed by atoms with Crippen LogP contribution in [0.3, 0.4) is 0 Å². The van der Waals surface area contributed by atoms with E-state index in [0.717, 1.165) is 11.1 Å². The van der Waals surface area contributed by atoms with Crippen LogP contribution in [0.2, 0.25) is 0 Å². The fourth-order valence-electron chi connectivity index (χ4n) is 4.76. The highest BCUT2D eigenvalue weighted by Gasteiger charge is 2.23. The van der Waals surface area contributed by atoms with Gasteiger partial charge in [-0.15, -0.1) is 0 Å². The Balaban J connectivity index is 1.58. The minimum Gasteiger partial charge on any atom is -0.496 e. The van der Waals surface area contributed by atoms with Gasteiger partial charge in [-0.3, -0.25) is 14.4 Å². The highest BCUT2D eigenvalue weighted by Crippen LogP contribution is 2.29. The number of para-hydroxylation sites is 1. The molecule has 7 heteroatoms. The van der Waals surface area contributed by atoms with E-state index >= 15 is 0 Å². The summed E-state index contributed by atoms with van der Waals surface area (Å²) in [6.45, 7) is 0.839. The molecular formula is C34H34N2O5. The zero-order valence-corrected chi connectivity index (χ0v) is 23.1. The monoisotopic (exact) mass is 550 g/mol. The number of nitrogens with one attached hydrogen (secondary N) is 1. The molecule has 7 nitrogen and oxygen atoms in total. The molecular weight excluding hydrogens is 516 g/mol. The summed E-state index contributed by atoms with van der Waals surface area (Å²) < 4.78 is 5.45. The Morgan fingerprint density at radius 2 is 1.34 bits per heavy atom. The molecule has 0 aliphatic rings. The molecule has 4 rings (SSSR count). The van der Waals surface area contributed by atoms with Crippen molar-refractivity contribution >= 4 is 17.8 Å². The van der Waals surface area contributed by atoms with Gasteiger partial charge in [0, 0.05) is 30.8 Å². The van der Waals surface area contributed by atoms with Crippen molar-refractivity contribution in [2.45, 2.75) is 19.3 Å². The Morgan fingerprint density at radius 3 is 2.05 bits per heavy atom. The second-order valence-electron chi connectivity index (χ2n) is 9.58. The third-order valence-corrected chi connectivity index (χ3v) is 6.89. The summed E-state index contributed by atoms with van der Waals surface area (Å²) in [6, 6.07) is 31.8. The number of nitrogens with zero attached hydrogens (tertiary/aromatic N) is 1. The Bertz CT molecular complexity index is 1490. The van der Waals surface area contributed by atoms with Crippen molar-refractivity contribution in [3.63, 3.8) is 0 Å². The molecule has 210 valence electrons. The van der Waals surface area contributed by atoms with Gasteiger partial charge in [0.25, 0.3) is 11.8 Å². The van der Waals surface area contributed by atoms with Crippen LogP contribution >= 0.6 is 0 Å². The highest BCUT2D eigenvalue weighted by molar-refractivity contribution is 6.06. The molecule has 2 N–H and O–H groups in total. The van der Waals surface area contributed by atoms with E-state index in [4.69, 9.17) is 4.74 Å². The summed E-state index contributed by atoms with van der Waals surface area (Å²) in [5, 5.41) is 12.4. The third kappa shape index (κ3) is 7.82. The number of carboxylic acids is 1. The van der Waals surface area contributed by atoms with Gasteiger partial charge in [-0.2, -0.15) is 0 Å². The van der Waals surface area contributed by atoms with Crippen LogP contribution in [0.4, 0.5) is 0 Å². The van der Waals surface area contributed by atoms with Crippen molar-refractivity contribution in [1.82, 2.24) is 10.2 Å². The van der Waals surface area contributed by atoms with E-state index in [1.54, 1.807) is 36.3 Å². The van der Waals surface area contributed by atoms with Gasteiger partial charge in [0.15, 0.2) is 0 Å². The van der Waals surface area contributed by atoms with Crippen molar-refractivity contribution in [1.29, 1.82) is 0 Å². The van der Waals surface area contributed by atoms with E-state index in [1.807, 2.05) is 78.9 Å². The number of carbonyl (C=O) groups is 3. The Hall–Kier alpha value is -4.91. The maximum Gasteiger partial charge on any atom is 0.305 e. The molecule has 41 heavy (non-hydrogen) atoms. The number of methoxy groups -OCH3 is 1. The van der Waals surface area contributed by atoms with E-state index < -0.39 is 5.97 Å². The molecule has 4 aromatic rings. The molecule has 0 fully saturated rings. The summed E-state index contributed by atoms with van der Waals surface area (Å²) in [5.74, 6) is -0.787. The fourth-order valence-corrected chi connectivity index (χ4v) is 4.76. The number of hydrogen-bond acceptors (Lipinski definition) is 4. The van der Waals surface area contributed by atoms with E-state index in [1.165, 1.54) is 0 Å². The second-order valence-corrected chi connectivity index (χ2v) is 9.58. The quantitative estimate of drug-likeness (QED) is 0.229. The zero-order chi connectivity index (χ0) is 29.0. The van der Waals surface area contributed by atoms with Gasteiger partial charge in [0.1, 0.15) is 5.75 Å². The summed E-state index contributed by atoms with van der Waals surface area (Å²) in [5.41, 5.74) is 4.18. The van der Waals surface area contributed by atoms with Gasteiger partial charge in [-0.1, -0.05) is 84.9 Å². The van der Waals surface area contributed by atoms with Gasteiger partial charge < -0.3 is 20.1 Å². The standard InChI is InChI=1S/C34H34N2O5/c1-41-31-18-10-5-13-26(31)20-23-36(24-21-32(37)38)34(40)30-17-9-7-15-28(30)27-14-6-8-16-29(27)33(39)35-22-19-25-11-3-2-4-12-25/h2-18H,19-24H2,1H3,(H,35,39)(H,37,38). The van der Waals surface area contributed by atoms with Gasteiger partial charge >= 0.3 is 5.97 Å². The maximum absolute atomic E-state index is 13.9. The van der Waals surface area contributed by atoms with Crippen molar-refractivity contribution in [2.75, 3.05) is 26.7 Å². The lowest BCUT2D eigenvalue weighted by Crippen LogP contribution is -2.35. The minimum atomic E-state index is -0.981. The van der Waals surface area contributed by atoms with E-state index in [9.17, 15) is 19.5 Å². The number of aliphatic carboxylic acids is 1. The highest BCUT2D eigenvalue weighted by atomic mass is 16.5. The lowest BCUT2D eigenvalue weighted by Gasteiger charge is -2.24. The molecule has 0 saturated heterocycles. The molecule has 0 aromatic heterocycles. The molecule has 4 aromatic carbocycles. The number of carboxylic acid groups (broad SMARTS) is 1. The van der Waals surface area contributed by atoms with Crippen LogP contribution in [-0.4, -0.2) is 54.5 Å². The van der Waals surface area contributed by atoms with Gasteiger partial charge in [-0.05, 0) is 53.3 Å². The molecule has 2 amide bonds. The smallest absolute Gasteiger partial charge is 0.305 e. The number of carbonyl (C=O) groups excluding carboxylic acids is 2. The van der Waals surface area contributed by atoms with Crippen molar-refractivity contribution < 1.29 is 24.2 Å². The van der Waals surface area contributed by atoms with Crippen LogP contribution in [0.25, 0.3) is 11.1 Å². The van der Waals surface area contributed by atoms with Crippen LogP contribution in [0, 0.1) is 0 Å². The zero-order valence-electron chi connectivity index (χ0n) is 23.1. The molecule has 0 spiro atoms. The lowest BCUT2D eigenvalue weighted by atomic mass is 9.94. The van der Waals surface area contributed by atoms with Crippen LogP contribution in [0.15, 0.2) is 103 Å². The first kappa shape index (κ1) is 29.1. The Labute approximate surface area is 240 Å². The minimum absolute atomic E-state index is 0.0548. The predicted octanol–water partition coefficient (Wildman–Crippen LogP) is 5.49. The normalized spacial score (nSPS) is 10.6. The van der Waals surface area contributed by atoms with Crippen LogP contribution in [0.1, 0.15) is 38.3 Å². The largest absolute Gasteiger partial charge is 0.496 e. The first-order valence-corrected chi connectivity index (χ1v) is 13.6. The molecule has 0 saturated carbocycles. The second kappa shape index (κ2) is 14.5. The number of benzene rings is 4. The van der Waals surface area contributed by atoms with Crippen molar-refractivity contribution in [3.05, 3.63) is 125 Å². The van der Waals surface area contributed by atoms with E-state index in [-0.39, 0.29) is 24.8 Å². The van der Waals surface area contributed by atoms with E-state index in [0.29, 0.717) is 53.9 Å². The van der Waals surface area contributed by atoms with Gasteiger partial charge in [0.2, 0.25) is 0 Å². The van der Waals surface area contributed by atoms with Crippen LogP contribution < -0.4 is 10.1 Å². The fraction of sp³-hybridized carbons (Fsp3) is 0.206. The summed E-state index contributed by atoms with van der Waals surface area (Å²) in [4.78, 5) is 40.2. The SMILES string of the molecule is COc1ccccc1CCN(CCC(=O)O)C(=O)c1ccccc1-c1ccccc1C(=O)NCCc1ccccc1. The van der Waals surface area contributed by atoms with Gasteiger partial charge in [-0.25, -0.2) is 0 Å². The number of hydrogen-bond donors (Lipinski definition) is 2. The Morgan fingerprint density at radius 1 is 0.732 bits per heavy atom. The van der Waals surface area contributed by atoms with Crippen molar-refractivity contribution in [2.24, 2.45) is 0 Å². The molecule has 0 aliphatic heterocycles. The number of rotatable bonds is 13. The maximum atomic E-state index is 13.9. The van der Waals surface area contributed by atoms with Crippen LogP contribution in [-0.2, 0) is 17.6 Å². The average Bonchev–Trinajstić information content (AvgIpc) is 3.01. The summed E-state index contributed by atoms with van der Waals surface area (Å²) in [7, 11) is 1.59. The predicted molar refractivity (Wildman–Crippen MR) is 159 cm³/mol. The van der Waals surface area contributed by atoms with E-state index in [2.05, 4.69) is 5.32 Å². The first-order valence-electron chi connectivity index (χ1n) is 13.6. The van der Waals surface area contributed by atoms with Crippen molar-refractivity contribution in [3.8, 4) is 16.9 Å². The third-order valence-electron chi connectivity index (χ3n) is 6.89. The molecule has 0 unspecified atom stereocenters. The lowest BCUT2D eigenvalue weighted by molar-refractivity contribution is -0.137. The molecule has 0 radical (unpaired) electrons. The topological polar surface area (TPSA) is 95.9 Å². The molecule has 0 aliphatic carbocycles. The molecule has 0 bridgehead atoms. The first-order chi connectivity index (χ1) is 20.0. The molecule has 0 heterocycles. The number of ether oxygens (including phenoxy) is 1. The summed E-state index contributed by atoms with van der Waals surface area (Å²) in [6.07, 6.45) is 1.02. The average molecular weight is 551 g/mol. The summed E-state index contributed by atoms with van der Waals surface area (Å²) >= 11 is 0. The van der Waals surface area contributed by atoms with Crippen LogP contribution in [0.5, 0.6) is 5.75 Å². The molecule has 0 atom stereocenters. The van der Waals surface area contributed by atoms with Gasteiger partial charge in [0.05, 0.1) is 13.5 Å². The number of amides is 2. The Kier molecular flexibility index (Phi) is 10.3.